The second kappa shape index (κ2) is 2.78. The first kappa shape index (κ1) is 6.49. The van der Waals surface area contributed by atoms with Gasteiger partial charge in [-0.15, -0.1) is 0 Å². The van der Waals surface area contributed by atoms with Crippen LogP contribution in [0.5, 0.6) is 0 Å². The Morgan fingerprint density at radius 2 is 2.50 bits per heavy atom. The molecule has 1 nitrogen and oxygen atoms in total. The maximum absolute atomic E-state index is 4.11. The molecule has 0 aromatic rings. The smallest absolute Gasteiger partial charge is 0.0998 e. The zero-order chi connectivity index (χ0) is 5.98. The quantitative estimate of drug-likeness (QED) is 0.574. The molecule has 0 aromatic carbocycles. The van der Waals surface area contributed by atoms with Gasteiger partial charge in [-0.25, -0.2) is 0 Å². The molecular formula is C5H5Br2N. The highest BCUT2D eigenvalue weighted by atomic mass is 79.9. The van der Waals surface area contributed by atoms with Gasteiger partial charge in [0.2, 0.25) is 0 Å². The predicted molar refractivity (Wildman–Crippen MR) is 43.1 cm³/mol. The van der Waals surface area contributed by atoms with Crippen molar-refractivity contribution in [2.24, 2.45) is 4.99 Å². The standard InChI is InChI=1S/C5H5Br2N/c6-4-1-2-5(7)8-3-4/h1-2,4H,3H2. The van der Waals surface area contributed by atoms with E-state index >= 15 is 0 Å². The van der Waals surface area contributed by atoms with E-state index in [0.717, 1.165) is 11.2 Å². The average Bonchev–Trinajstić information content (AvgIpc) is 1.77. The topological polar surface area (TPSA) is 12.4 Å². The van der Waals surface area contributed by atoms with Gasteiger partial charge >= 0.3 is 0 Å². The van der Waals surface area contributed by atoms with E-state index in [0.29, 0.717) is 4.83 Å². The molecule has 0 spiro atoms. The molecule has 0 fully saturated rings. The minimum Gasteiger partial charge on any atom is -0.276 e. The Balaban J connectivity index is 2.58. The lowest BCUT2D eigenvalue weighted by molar-refractivity contribution is 1.03. The van der Waals surface area contributed by atoms with E-state index in [9.17, 15) is 0 Å². The van der Waals surface area contributed by atoms with Crippen molar-refractivity contribution in [2.75, 3.05) is 6.54 Å². The van der Waals surface area contributed by atoms with Crippen LogP contribution >= 0.6 is 31.9 Å². The Labute approximate surface area is 65.1 Å². The van der Waals surface area contributed by atoms with Gasteiger partial charge in [-0.1, -0.05) is 22.0 Å². The first-order valence-corrected chi connectivity index (χ1v) is 4.02. The zero-order valence-corrected chi connectivity index (χ0v) is 7.31. The molecule has 0 saturated carbocycles. The van der Waals surface area contributed by atoms with E-state index in [1.165, 1.54) is 0 Å². The summed E-state index contributed by atoms with van der Waals surface area (Å²) in [5, 5.41) is 0. The van der Waals surface area contributed by atoms with Crippen LogP contribution in [0.25, 0.3) is 0 Å². The average molecular weight is 239 g/mol. The number of aliphatic imine (C=N–C) groups is 1. The van der Waals surface area contributed by atoms with Crippen molar-refractivity contribution in [3.05, 3.63) is 12.2 Å². The lowest BCUT2D eigenvalue weighted by atomic mass is 10.3. The van der Waals surface area contributed by atoms with E-state index in [4.69, 9.17) is 0 Å². The van der Waals surface area contributed by atoms with E-state index in [-0.39, 0.29) is 0 Å². The number of hydrogen-bond acceptors (Lipinski definition) is 1. The molecule has 1 unspecified atom stereocenters. The summed E-state index contributed by atoms with van der Waals surface area (Å²) < 4.78 is 0.938. The minimum absolute atomic E-state index is 0.434. The third-order valence-corrected chi connectivity index (χ3v) is 1.97. The van der Waals surface area contributed by atoms with Crippen LogP contribution in [-0.4, -0.2) is 16.0 Å². The summed E-state index contributed by atoms with van der Waals surface area (Å²) in [6.07, 6.45) is 4.01. The van der Waals surface area contributed by atoms with Gasteiger partial charge in [0.1, 0.15) is 0 Å². The van der Waals surface area contributed by atoms with Gasteiger partial charge in [0, 0.05) is 0 Å². The molecule has 8 heavy (non-hydrogen) atoms. The van der Waals surface area contributed by atoms with Gasteiger partial charge in [-0.3, -0.25) is 4.99 Å². The lowest BCUT2D eigenvalue weighted by Crippen LogP contribution is -2.04. The molecule has 1 atom stereocenters. The summed E-state index contributed by atoms with van der Waals surface area (Å²) >= 11 is 6.66. The van der Waals surface area contributed by atoms with Crippen LogP contribution < -0.4 is 0 Å². The van der Waals surface area contributed by atoms with Crippen LogP contribution in [-0.2, 0) is 0 Å². The van der Waals surface area contributed by atoms with Crippen molar-refractivity contribution in [3.63, 3.8) is 0 Å². The fourth-order valence-electron chi connectivity index (χ4n) is 0.472. The van der Waals surface area contributed by atoms with Crippen LogP contribution in [0.4, 0.5) is 0 Å². The molecule has 1 aliphatic rings. The summed E-state index contributed by atoms with van der Waals surface area (Å²) in [6, 6.07) is 0. The molecule has 0 amide bonds. The number of hydrogen-bond donors (Lipinski definition) is 0. The Hall–Kier alpha value is 0.370. The Bertz CT molecular complexity index is 139. The molecule has 0 bridgehead atoms. The van der Waals surface area contributed by atoms with Crippen molar-refractivity contribution >= 4 is 36.5 Å². The summed E-state index contributed by atoms with van der Waals surface area (Å²) in [6.45, 7) is 0.844. The highest BCUT2D eigenvalue weighted by Gasteiger charge is 2.01. The summed E-state index contributed by atoms with van der Waals surface area (Å²) in [4.78, 5) is 4.54. The van der Waals surface area contributed by atoms with E-state index in [1.54, 1.807) is 0 Å². The van der Waals surface area contributed by atoms with Gasteiger partial charge in [0.15, 0.2) is 0 Å². The second-order valence-electron chi connectivity index (χ2n) is 1.54. The number of nitrogens with zero attached hydrogens (tertiary/aromatic N) is 1. The van der Waals surface area contributed by atoms with Crippen LogP contribution in [0.3, 0.4) is 0 Å². The third-order valence-electron chi connectivity index (χ3n) is 0.859. The number of halogens is 2. The number of allylic oxidation sites excluding steroid dienone is 1. The van der Waals surface area contributed by atoms with Gasteiger partial charge in [-0.2, -0.15) is 0 Å². The van der Waals surface area contributed by atoms with Gasteiger partial charge < -0.3 is 0 Å². The van der Waals surface area contributed by atoms with Crippen molar-refractivity contribution in [2.45, 2.75) is 4.83 Å². The van der Waals surface area contributed by atoms with Crippen LogP contribution in [0.15, 0.2) is 17.1 Å². The molecule has 0 saturated heterocycles. The predicted octanol–water partition coefficient (Wildman–Crippen LogP) is 2.11. The van der Waals surface area contributed by atoms with Gasteiger partial charge in [0.25, 0.3) is 0 Å². The second-order valence-corrected chi connectivity index (χ2v) is 3.53. The SMILES string of the molecule is BrC1=NCC(Br)C=C1. The van der Waals surface area contributed by atoms with E-state index in [1.807, 2.05) is 6.08 Å². The zero-order valence-electron chi connectivity index (χ0n) is 4.14. The largest absolute Gasteiger partial charge is 0.276 e. The molecule has 1 aliphatic heterocycles. The summed E-state index contributed by atoms with van der Waals surface area (Å²) in [7, 11) is 0. The van der Waals surface area contributed by atoms with E-state index < -0.39 is 0 Å². The number of alkyl halides is 1. The van der Waals surface area contributed by atoms with Crippen molar-refractivity contribution in [1.82, 2.24) is 0 Å². The minimum atomic E-state index is 0.434. The summed E-state index contributed by atoms with van der Waals surface area (Å²) in [5.74, 6) is 0. The van der Waals surface area contributed by atoms with Crippen molar-refractivity contribution < 1.29 is 0 Å². The first-order chi connectivity index (χ1) is 3.79. The van der Waals surface area contributed by atoms with Crippen LogP contribution in [0.2, 0.25) is 0 Å². The van der Waals surface area contributed by atoms with Gasteiger partial charge in [0.05, 0.1) is 16.0 Å². The third kappa shape index (κ3) is 1.71. The maximum atomic E-state index is 4.11. The molecule has 0 aliphatic carbocycles. The van der Waals surface area contributed by atoms with Crippen molar-refractivity contribution in [1.29, 1.82) is 0 Å². The van der Waals surface area contributed by atoms with Crippen molar-refractivity contribution in [3.8, 4) is 0 Å². The number of dihydropyridines is 1. The molecule has 1 rings (SSSR count). The lowest BCUT2D eigenvalue weighted by Gasteiger charge is -2.03. The van der Waals surface area contributed by atoms with Crippen LogP contribution in [0, 0.1) is 0 Å². The molecule has 44 valence electrons. The summed E-state index contributed by atoms with van der Waals surface area (Å²) in [5.41, 5.74) is 0. The molecule has 3 heteroatoms. The van der Waals surface area contributed by atoms with E-state index in [2.05, 4.69) is 42.9 Å². The monoisotopic (exact) mass is 237 g/mol. The normalized spacial score (nSPS) is 27.8. The maximum Gasteiger partial charge on any atom is 0.0998 e. The van der Waals surface area contributed by atoms with Crippen LogP contribution in [0.1, 0.15) is 0 Å². The fourth-order valence-corrected chi connectivity index (χ4v) is 1.07. The first-order valence-electron chi connectivity index (χ1n) is 2.31. The Morgan fingerprint density at radius 1 is 1.75 bits per heavy atom. The molecule has 1 heterocycles. The molecule has 0 N–H and O–H groups in total. The highest BCUT2D eigenvalue weighted by molar-refractivity contribution is 9.18. The molecule has 0 aromatic heterocycles. The molecular weight excluding hydrogens is 234 g/mol. The number of rotatable bonds is 0. The molecule has 0 radical (unpaired) electrons. The Morgan fingerprint density at radius 3 is 2.88 bits per heavy atom. The Kier molecular flexibility index (Phi) is 2.26. The fraction of sp³-hybridized carbons (Fsp3) is 0.400. The van der Waals surface area contributed by atoms with Gasteiger partial charge in [-0.05, 0) is 22.0 Å². The highest BCUT2D eigenvalue weighted by Crippen LogP contribution is 2.09.